The van der Waals surface area contributed by atoms with Crippen molar-refractivity contribution in [1.29, 1.82) is 0 Å². The molecule has 0 amide bonds. The molecule has 3 aromatic carbocycles. The SMILES string of the molecule is CSc1ccc([C@@H]2C(C(=O)OC(C)C)=C(C)N=c3s/c(=C\c4c(-c5ccccc5)[nH]c5c(C)cc(C)cc45)c(=O)n32)cc1. The lowest BCUT2D eigenvalue weighted by Gasteiger charge is -2.25. The summed E-state index contributed by atoms with van der Waals surface area (Å²) in [6.45, 7) is 9.64. The molecule has 1 aliphatic heterocycles. The topological polar surface area (TPSA) is 76.4 Å². The average molecular weight is 608 g/mol. The lowest BCUT2D eigenvalue weighted by molar-refractivity contribution is -0.143. The van der Waals surface area contributed by atoms with E-state index in [1.54, 1.807) is 16.3 Å². The average Bonchev–Trinajstić information content (AvgIpc) is 3.49. The molecule has 1 atom stereocenters. The third-order valence-corrected chi connectivity index (χ3v) is 9.37. The number of aromatic nitrogens is 2. The lowest BCUT2D eigenvalue weighted by atomic mass is 9.96. The number of carbonyl (C=O) groups is 1. The summed E-state index contributed by atoms with van der Waals surface area (Å²) in [6.07, 6.45) is 3.69. The maximum Gasteiger partial charge on any atom is 0.338 e. The number of benzene rings is 3. The summed E-state index contributed by atoms with van der Waals surface area (Å²) in [4.78, 5) is 37.9. The van der Waals surface area contributed by atoms with Gasteiger partial charge in [0.1, 0.15) is 0 Å². The Kier molecular flexibility index (Phi) is 7.75. The first-order chi connectivity index (χ1) is 20.7. The van der Waals surface area contributed by atoms with Crippen molar-refractivity contribution in [3.05, 3.63) is 120 Å². The first kappa shape index (κ1) is 29.0. The number of nitrogens with one attached hydrogen (secondary N) is 1. The van der Waals surface area contributed by atoms with Gasteiger partial charge in [0.2, 0.25) is 0 Å². The fourth-order valence-corrected chi connectivity index (χ4v) is 7.18. The molecule has 0 spiro atoms. The predicted octanol–water partition coefficient (Wildman–Crippen LogP) is 6.67. The fourth-order valence-electron chi connectivity index (χ4n) is 5.75. The number of ether oxygens (including phenoxy) is 1. The number of esters is 1. The van der Waals surface area contributed by atoms with Crippen molar-refractivity contribution in [2.45, 2.75) is 51.7 Å². The van der Waals surface area contributed by atoms with E-state index in [2.05, 4.69) is 43.1 Å². The smallest absolute Gasteiger partial charge is 0.338 e. The summed E-state index contributed by atoms with van der Waals surface area (Å²) in [6, 6.07) is 21.8. The summed E-state index contributed by atoms with van der Waals surface area (Å²) in [5, 5.41) is 1.06. The molecule has 0 saturated heterocycles. The lowest BCUT2D eigenvalue weighted by Crippen LogP contribution is -2.40. The highest BCUT2D eigenvalue weighted by Gasteiger charge is 2.34. The van der Waals surface area contributed by atoms with E-state index < -0.39 is 12.0 Å². The van der Waals surface area contributed by atoms with Gasteiger partial charge in [-0.25, -0.2) is 9.79 Å². The second-order valence-electron chi connectivity index (χ2n) is 11.1. The monoisotopic (exact) mass is 607 g/mol. The van der Waals surface area contributed by atoms with E-state index in [4.69, 9.17) is 9.73 Å². The zero-order chi connectivity index (χ0) is 30.4. The van der Waals surface area contributed by atoms with Crippen LogP contribution in [-0.2, 0) is 9.53 Å². The quantitative estimate of drug-likeness (QED) is 0.173. The van der Waals surface area contributed by atoms with Crippen LogP contribution < -0.4 is 14.9 Å². The third kappa shape index (κ3) is 5.30. The van der Waals surface area contributed by atoms with Crippen molar-refractivity contribution in [1.82, 2.24) is 9.55 Å². The molecule has 5 aromatic rings. The molecule has 0 aliphatic carbocycles. The standard InChI is InChI=1S/C35H33N3O3S2/c1-19(2)41-34(40)29-22(5)36-35-38(32(29)24-12-14-25(42-6)15-13-24)33(39)28(43-35)18-27-26-17-20(3)16-21(4)30(26)37-31(27)23-10-8-7-9-11-23/h7-19,32,37H,1-6H3/b28-18-/t32-/m1/s1. The predicted molar refractivity (Wildman–Crippen MR) is 176 cm³/mol. The highest BCUT2D eigenvalue weighted by Crippen LogP contribution is 2.34. The van der Waals surface area contributed by atoms with Gasteiger partial charge in [-0.3, -0.25) is 9.36 Å². The number of aromatic amines is 1. The van der Waals surface area contributed by atoms with E-state index in [9.17, 15) is 9.59 Å². The number of allylic oxidation sites excluding steroid dienone is 1. The van der Waals surface area contributed by atoms with Crippen molar-refractivity contribution in [3.8, 4) is 11.3 Å². The molecule has 6 nitrogen and oxygen atoms in total. The van der Waals surface area contributed by atoms with Crippen molar-refractivity contribution in [2.24, 2.45) is 4.99 Å². The van der Waals surface area contributed by atoms with Crippen LogP contribution in [0.4, 0.5) is 0 Å². The van der Waals surface area contributed by atoms with Crippen LogP contribution in [0.1, 0.15) is 49.1 Å². The van der Waals surface area contributed by atoms with Crippen LogP contribution in [0, 0.1) is 13.8 Å². The number of thioether (sulfide) groups is 1. The Morgan fingerprint density at radius 2 is 1.79 bits per heavy atom. The first-order valence-corrected chi connectivity index (χ1v) is 16.3. The molecule has 43 heavy (non-hydrogen) atoms. The number of aryl methyl sites for hydroxylation is 2. The van der Waals surface area contributed by atoms with Gasteiger partial charge >= 0.3 is 5.97 Å². The van der Waals surface area contributed by atoms with E-state index in [1.807, 2.05) is 75.6 Å². The van der Waals surface area contributed by atoms with Gasteiger partial charge in [-0.2, -0.15) is 0 Å². The second-order valence-corrected chi connectivity index (χ2v) is 13.0. The summed E-state index contributed by atoms with van der Waals surface area (Å²) < 4.78 is 7.86. The van der Waals surface area contributed by atoms with E-state index in [0.717, 1.165) is 49.3 Å². The molecule has 0 saturated carbocycles. The van der Waals surface area contributed by atoms with E-state index >= 15 is 0 Å². The summed E-state index contributed by atoms with van der Waals surface area (Å²) >= 11 is 2.98. The van der Waals surface area contributed by atoms with Gasteiger partial charge in [-0.1, -0.05) is 65.4 Å². The minimum atomic E-state index is -0.651. The van der Waals surface area contributed by atoms with Crippen LogP contribution >= 0.6 is 23.1 Å². The van der Waals surface area contributed by atoms with Crippen LogP contribution in [0.25, 0.3) is 28.2 Å². The molecule has 0 radical (unpaired) electrons. The van der Waals surface area contributed by atoms with Gasteiger partial charge in [0.15, 0.2) is 4.80 Å². The van der Waals surface area contributed by atoms with E-state index in [0.29, 0.717) is 20.6 Å². The number of carbonyl (C=O) groups excluding carboxylic acids is 1. The molecule has 2 aromatic heterocycles. The zero-order valence-corrected chi connectivity index (χ0v) is 26.7. The van der Waals surface area contributed by atoms with Crippen LogP contribution in [-0.4, -0.2) is 27.9 Å². The highest BCUT2D eigenvalue weighted by molar-refractivity contribution is 7.98. The van der Waals surface area contributed by atoms with Crippen LogP contribution in [0.15, 0.2) is 92.7 Å². The Bertz CT molecular complexity index is 2080. The van der Waals surface area contributed by atoms with Gasteiger partial charge in [-0.05, 0) is 81.8 Å². The summed E-state index contributed by atoms with van der Waals surface area (Å²) in [7, 11) is 0. The maximum atomic E-state index is 14.4. The van der Waals surface area contributed by atoms with Gasteiger partial charge in [0.25, 0.3) is 5.56 Å². The van der Waals surface area contributed by atoms with Crippen LogP contribution in [0.3, 0.4) is 0 Å². The molecule has 8 heteroatoms. The number of H-pyrrole nitrogens is 1. The molecular formula is C35H33N3O3S2. The number of fused-ring (bicyclic) bond motifs is 2. The minimum absolute atomic E-state index is 0.192. The fraction of sp³-hybridized carbons (Fsp3) is 0.229. The Hall–Kier alpha value is -4.14. The van der Waals surface area contributed by atoms with Crippen molar-refractivity contribution < 1.29 is 9.53 Å². The molecule has 0 fully saturated rings. The Morgan fingerprint density at radius 3 is 2.47 bits per heavy atom. The van der Waals surface area contributed by atoms with Crippen LogP contribution in [0.2, 0.25) is 0 Å². The Labute approximate surface area is 258 Å². The number of rotatable bonds is 6. The zero-order valence-electron chi connectivity index (χ0n) is 25.0. The maximum absolute atomic E-state index is 14.4. The minimum Gasteiger partial charge on any atom is -0.459 e. The van der Waals surface area contributed by atoms with E-state index in [-0.39, 0.29) is 11.7 Å². The molecule has 1 N–H and O–H groups in total. The van der Waals surface area contributed by atoms with Gasteiger partial charge < -0.3 is 9.72 Å². The van der Waals surface area contributed by atoms with Gasteiger partial charge in [0, 0.05) is 21.4 Å². The van der Waals surface area contributed by atoms with E-state index in [1.165, 1.54) is 11.3 Å². The molecular weight excluding hydrogens is 575 g/mol. The Morgan fingerprint density at radius 1 is 1.07 bits per heavy atom. The number of thiazole rings is 1. The number of hydrogen-bond acceptors (Lipinski definition) is 6. The number of nitrogens with zero attached hydrogens (tertiary/aromatic N) is 2. The molecule has 6 rings (SSSR count). The Balaban J connectivity index is 1.61. The van der Waals surface area contributed by atoms with Crippen molar-refractivity contribution in [3.63, 3.8) is 0 Å². The summed E-state index contributed by atoms with van der Waals surface area (Å²) in [5.41, 5.74) is 7.87. The van der Waals surface area contributed by atoms with Crippen LogP contribution in [0.5, 0.6) is 0 Å². The molecule has 0 bridgehead atoms. The first-order valence-electron chi connectivity index (χ1n) is 14.2. The van der Waals surface area contributed by atoms with Gasteiger partial charge in [0.05, 0.1) is 33.6 Å². The molecule has 218 valence electrons. The molecule has 1 aliphatic rings. The van der Waals surface area contributed by atoms with Gasteiger partial charge in [-0.15, -0.1) is 11.8 Å². The van der Waals surface area contributed by atoms with Crippen molar-refractivity contribution >= 4 is 46.0 Å². The molecule has 3 heterocycles. The number of hydrogen-bond donors (Lipinski definition) is 1. The normalized spacial score (nSPS) is 15.2. The second kappa shape index (κ2) is 11.5. The van der Waals surface area contributed by atoms with Crippen molar-refractivity contribution in [2.75, 3.05) is 6.26 Å². The highest BCUT2D eigenvalue weighted by atomic mass is 32.2. The largest absolute Gasteiger partial charge is 0.459 e. The summed E-state index contributed by atoms with van der Waals surface area (Å²) in [5.74, 6) is -0.460. The third-order valence-electron chi connectivity index (χ3n) is 7.64. The molecule has 0 unspecified atom stereocenters.